The molecule has 0 unspecified atom stereocenters. The Kier molecular flexibility index (Phi) is 5.98. The molecule has 0 atom stereocenters. The summed E-state index contributed by atoms with van der Waals surface area (Å²) in [5, 5.41) is 8.60. The van der Waals surface area contributed by atoms with Crippen molar-refractivity contribution in [3.8, 4) is 16.9 Å². The van der Waals surface area contributed by atoms with Crippen LogP contribution in [0.4, 0.5) is 0 Å². The molecule has 2 aromatic heterocycles. The summed E-state index contributed by atoms with van der Waals surface area (Å²) in [7, 11) is 0. The van der Waals surface area contributed by atoms with Crippen LogP contribution in [0.2, 0.25) is 0 Å². The van der Waals surface area contributed by atoms with E-state index in [9.17, 15) is 4.79 Å². The van der Waals surface area contributed by atoms with Crippen molar-refractivity contribution in [3.05, 3.63) is 95.3 Å². The van der Waals surface area contributed by atoms with E-state index in [4.69, 9.17) is 21.7 Å². The number of carbonyl (C=O) groups is 1. The minimum Gasteiger partial charge on any atom is -0.468 e. The highest BCUT2D eigenvalue weighted by Crippen LogP contribution is 2.38. The van der Waals surface area contributed by atoms with Crippen LogP contribution < -0.4 is 5.32 Å². The van der Waals surface area contributed by atoms with Crippen LogP contribution in [0.25, 0.3) is 23.0 Å². The van der Waals surface area contributed by atoms with Crippen molar-refractivity contribution in [1.29, 1.82) is 0 Å². The van der Waals surface area contributed by atoms with Gasteiger partial charge in [-0.05, 0) is 30.3 Å². The van der Waals surface area contributed by atoms with Crippen LogP contribution in [-0.4, -0.2) is 20.0 Å². The average molecular weight is 476 g/mol. The standard InChI is InChI=1S/C24H17N3O2S3/c28-22-20(32-24(30)25-22)14-19-21(16-8-3-1-4-9-16)26-27(17-10-5-2-6-11-17)23(19)31-15-18-12-7-13-29-18/h1-14H,15H2,(H,25,28,30)/b20-14-. The maximum Gasteiger partial charge on any atom is 0.263 e. The highest BCUT2D eigenvalue weighted by Gasteiger charge is 2.26. The van der Waals surface area contributed by atoms with Gasteiger partial charge in [-0.3, -0.25) is 4.79 Å². The van der Waals surface area contributed by atoms with Gasteiger partial charge in [-0.25, -0.2) is 4.68 Å². The summed E-state index contributed by atoms with van der Waals surface area (Å²) in [5.74, 6) is 1.31. The molecule has 1 aliphatic rings. The van der Waals surface area contributed by atoms with Gasteiger partial charge in [-0.15, -0.1) is 0 Å². The zero-order valence-corrected chi connectivity index (χ0v) is 19.2. The summed E-state index contributed by atoms with van der Waals surface area (Å²) in [6.45, 7) is 0. The maximum absolute atomic E-state index is 12.4. The lowest BCUT2D eigenvalue weighted by Gasteiger charge is -2.08. The largest absolute Gasteiger partial charge is 0.468 e. The van der Waals surface area contributed by atoms with E-state index in [-0.39, 0.29) is 5.91 Å². The third-order valence-electron chi connectivity index (χ3n) is 4.77. The molecule has 1 fully saturated rings. The number of hydrogen-bond acceptors (Lipinski definition) is 6. The molecule has 2 aromatic carbocycles. The predicted molar refractivity (Wildman–Crippen MR) is 134 cm³/mol. The number of aromatic nitrogens is 2. The number of hydrogen-bond donors (Lipinski definition) is 1. The summed E-state index contributed by atoms with van der Waals surface area (Å²) in [4.78, 5) is 13.0. The van der Waals surface area contributed by atoms with E-state index < -0.39 is 0 Å². The topological polar surface area (TPSA) is 60.1 Å². The second-order valence-electron chi connectivity index (χ2n) is 6.90. The lowest BCUT2D eigenvalue weighted by molar-refractivity contribution is -0.115. The number of rotatable bonds is 6. The Balaban J connectivity index is 1.70. The van der Waals surface area contributed by atoms with E-state index in [2.05, 4.69) is 5.32 Å². The van der Waals surface area contributed by atoms with Crippen LogP contribution >= 0.6 is 35.7 Å². The SMILES string of the molecule is O=C1NC(=S)S/C1=C\c1c(-c2ccccc2)nn(-c2ccccc2)c1SCc1ccco1. The second kappa shape index (κ2) is 9.20. The van der Waals surface area contributed by atoms with E-state index in [0.29, 0.717) is 15.0 Å². The van der Waals surface area contributed by atoms with E-state index in [1.54, 1.807) is 18.0 Å². The molecule has 8 heteroatoms. The van der Waals surface area contributed by atoms with E-state index in [1.165, 1.54) is 11.8 Å². The van der Waals surface area contributed by atoms with Gasteiger partial charge in [0.05, 0.1) is 22.6 Å². The number of para-hydroxylation sites is 1. The molecule has 0 spiro atoms. The Morgan fingerprint density at radius 3 is 2.47 bits per heavy atom. The first-order chi connectivity index (χ1) is 15.7. The molecule has 0 aliphatic carbocycles. The molecule has 5 rings (SSSR count). The Hall–Kier alpha value is -3.07. The van der Waals surface area contributed by atoms with Crippen LogP contribution in [0.5, 0.6) is 0 Å². The molecule has 158 valence electrons. The summed E-state index contributed by atoms with van der Waals surface area (Å²) in [6, 6.07) is 23.8. The molecule has 0 bridgehead atoms. The number of thiocarbonyl (C=S) groups is 1. The van der Waals surface area contributed by atoms with Gasteiger partial charge in [0.1, 0.15) is 20.8 Å². The van der Waals surface area contributed by atoms with Gasteiger partial charge in [-0.1, -0.05) is 84.3 Å². The van der Waals surface area contributed by atoms with E-state index in [0.717, 1.165) is 33.3 Å². The van der Waals surface area contributed by atoms with Crippen molar-refractivity contribution in [1.82, 2.24) is 15.1 Å². The van der Waals surface area contributed by atoms with Crippen molar-refractivity contribution in [2.45, 2.75) is 10.8 Å². The fourth-order valence-corrected chi connectivity index (χ4v) is 5.37. The van der Waals surface area contributed by atoms with Crippen molar-refractivity contribution in [2.24, 2.45) is 0 Å². The van der Waals surface area contributed by atoms with Crippen LogP contribution in [0.15, 0.2) is 93.4 Å². The molecule has 0 radical (unpaired) electrons. The normalized spacial score (nSPS) is 14.8. The van der Waals surface area contributed by atoms with Gasteiger partial charge < -0.3 is 9.73 Å². The van der Waals surface area contributed by atoms with E-state index in [1.807, 2.05) is 83.6 Å². The van der Waals surface area contributed by atoms with Crippen LogP contribution in [0, 0.1) is 0 Å². The van der Waals surface area contributed by atoms with Gasteiger partial charge in [0.15, 0.2) is 0 Å². The highest BCUT2D eigenvalue weighted by molar-refractivity contribution is 8.26. The van der Waals surface area contributed by atoms with Gasteiger partial charge in [0.25, 0.3) is 5.91 Å². The molecular weight excluding hydrogens is 458 g/mol. The number of benzene rings is 2. The molecule has 1 aliphatic heterocycles. The molecule has 3 heterocycles. The van der Waals surface area contributed by atoms with Crippen LogP contribution in [0.1, 0.15) is 11.3 Å². The number of amides is 1. The first-order valence-electron chi connectivity index (χ1n) is 9.83. The van der Waals surface area contributed by atoms with Crippen LogP contribution in [-0.2, 0) is 10.5 Å². The Morgan fingerprint density at radius 1 is 1.06 bits per heavy atom. The van der Waals surface area contributed by atoms with Crippen molar-refractivity contribution in [2.75, 3.05) is 0 Å². The van der Waals surface area contributed by atoms with Gasteiger partial charge >= 0.3 is 0 Å². The van der Waals surface area contributed by atoms with Gasteiger partial charge in [-0.2, -0.15) is 5.10 Å². The third kappa shape index (κ3) is 4.29. The summed E-state index contributed by atoms with van der Waals surface area (Å²) >= 11 is 8.07. The van der Waals surface area contributed by atoms with Gasteiger partial charge in [0, 0.05) is 11.1 Å². The smallest absolute Gasteiger partial charge is 0.263 e. The minimum absolute atomic E-state index is 0.187. The van der Waals surface area contributed by atoms with Crippen molar-refractivity contribution >= 4 is 52.0 Å². The number of nitrogens with zero attached hydrogens (tertiary/aromatic N) is 2. The lowest BCUT2D eigenvalue weighted by Crippen LogP contribution is -2.17. The first-order valence-corrected chi connectivity index (χ1v) is 12.0. The zero-order valence-electron chi connectivity index (χ0n) is 16.7. The van der Waals surface area contributed by atoms with Crippen molar-refractivity contribution < 1.29 is 9.21 Å². The van der Waals surface area contributed by atoms with Gasteiger partial charge in [0.2, 0.25) is 0 Å². The fourth-order valence-electron chi connectivity index (χ4n) is 3.32. The molecule has 1 saturated heterocycles. The number of nitrogens with one attached hydrogen (secondary N) is 1. The Labute approximate surface area is 198 Å². The van der Waals surface area contributed by atoms with Crippen LogP contribution in [0.3, 0.4) is 0 Å². The molecule has 0 saturated carbocycles. The highest BCUT2D eigenvalue weighted by atomic mass is 32.2. The van der Waals surface area contributed by atoms with Crippen molar-refractivity contribution in [3.63, 3.8) is 0 Å². The summed E-state index contributed by atoms with van der Waals surface area (Å²) in [5.41, 5.74) is 3.59. The number of furan rings is 1. The molecule has 32 heavy (non-hydrogen) atoms. The quantitative estimate of drug-likeness (QED) is 0.212. The summed E-state index contributed by atoms with van der Waals surface area (Å²) in [6.07, 6.45) is 3.56. The maximum atomic E-state index is 12.4. The minimum atomic E-state index is -0.187. The number of carbonyl (C=O) groups excluding carboxylic acids is 1. The molecule has 5 nitrogen and oxygen atoms in total. The van der Waals surface area contributed by atoms with E-state index >= 15 is 0 Å². The predicted octanol–water partition coefficient (Wildman–Crippen LogP) is 5.91. The fraction of sp³-hybridized carbons (Fsp3) is 0.0417. The Morgan fingerprint density at radius 2 is 1.81 bits per heavy atom. The average Bonchev–Trinajstić information content (AvgIpc) is 3.53. The molecular formula is C24H17N3O2S3. The summed E-state index contributed by atoms with van der Waals surface area (Å²) < 4.78 is 7.94. The molecule has 4 aromatic rings. The monoisotopic (exact) mass is 475 g/mol. The number of thioether (sulfide) groups is 2. The molecule has 1 N–H and O–H groups in total. The molecule has 1 amide bonds. The second-order valence-corrected chi connectivity index (χ2v) is 9.58. The first kappa shape index (κ1) is 20.8. The zero-order chi connectivity index (χ0) is 21.9. The lowest BCUT2D eigenvalue weighted by atomic mass is 10.1. The Bertz CT molecular complexity index is 1300. The third-order valence-corrected chi connectivity index (χ3v) is 7.03.